The number of urea groups is 1. The lowest BCUT2D eigenvalue weighted by atomic mass is 10.1. The molecule has 0 unspecified atom stereocenters. The van der Waals surface area contributed by atoms with Crippen molar-refractivity contribution in [3.05, 3.63) is 70.7 Å². The Hall–Kier alpha value is -3.19. The molecule has 0 spiro atoms. The average Bonchev–Trinajstić information content (AvgIpc) is 3.11. The van der Waals surface area contributed by atoms with Gasteiger partial charge in [0.2, 0.25) is 5.91 Å². The zero-order chi connectivity index (χ0) is 19.9. The van der Waals surface area contributed by atoms with Crippen LogP contribution in [-0.4, -0.2) is 16.9 Å². The highest BCUT2D eigenvalue weighted by molar-refractivity contribution is 7.13. The Morgan fingerprint density at radius 3 is 2.57 bits per heavy atom. The quantitative estimate of drug-likeness (QED) is 0.552. The number of hydrogen-bond donors (Lipinski definition) is 3. The van der Waals surface area contributed by atoms with E-state index in [1.54, 1.807) is 12.1 Å². The van der Waals surface area contributed by atoms with Crippen molar-refractivity contribution in [1.29, 1.82) is 0 Å². The van der Waals surface area contributed by atoms with Gasteiger partial charge in [-0.2, -0.15) is 0 Å². The molecule has 3 amide bonds. The topological polar surface area (TPSA) is 83.1 Å². The van der Waals surface area contributed by atoms with Crippen molar-refractivity contribution in [2.24, 2.45) is 0 Å². The van der Waals surface area contributed by atoms with Crippen molar-refractivity contribution in [3.63, 3.8) is 0 Å². The van der Waals surface area contributed by atoms with Crippen LogP contribution in [0.25, 0.3) is 0 Å². The van der Waals surface area contributed by atoms with E-state index in [9.17, 15) is 9.59 Å². The van der Waals surface area contributed by atoms with Crippen LogP contribution in [0.5, 0.6) is 0 Å². The molecular formula is C21H22N4O2S. The summed E-state index contributed by atoms with van der Waals surface area (Å²) in [6.45, 7) is 3.96. The monoisotopic (exact) mass is 394 g/mol. The summed E-state index contributed by atoms with van der Waals surface area (Å²) in [6.07, 6.45) is 0.835. The van der Waals surface area contributed by atoms with Crippen LogP contribution in [0.4, 0.5) is 21.3 Å². The highest BCUT2D eigenvalue weighted by atomic mass is 32.1. The molecule has 0 bridgehead atoms. The Morgan fingerprint density at radius 2 is 1.79 bits per heavy atom. The average molecular weight is 395 g/mol. The minimum Gasteiger partial charge on any atom is -0.326 e. The van der Waals surface area contributed by atoms with E-state index in [0.29, 0.717) is 23.7 Å². The predicted molar refractivity (Wildman–Crippen MR) is 114 cm³/mol. The lowest BCUT2D eigenvalue weighted by Gasteiger charge is -2.09. The van der Waals surface area contributed by atoms with Gasteiger partial charge in [-0.25, -0.2) is 9.78 Å². The fourth-order valence-corrected chi connectivity index (χ4v) is 3.32. The molecule has 144 valence electrons. The summed E-state index contributed by atoms with van der Waals surface area (Å²) < 4.78 is 0. The first kappa shape index (κ1) is 19.6. The molecule has 0 aliphatic carbocycles. The van der Waals surface area contributed by atoms with Gasteiger partial charge in [0.25, 0.3) is 0 Å². The van der Waals surface area contributed by atoms with E-state index in [1.807, 2.05) is 55.6 Å². The van der Waals surface area contributed by atoms with E-state index >= 15 is 0 Å². The van der Waals surface area contributed by atoms with Crippen molar-refractivity contribution in [1.82, 2.24) is 4.98 Å². The largest absolute Gasteiger partial charge is 0.326 e. The zero-order valence-corrected chi connectivity index (χ0v) is 16.6. The second-order valence-electron chi connectivity index (χ2n) is 6.46. The molecule has 1 aromatic heterocycles. The van der Waals surface area contributed by atoms with Crippen LogP contribution in [0.3, 0.4) is 0 Å². The minimum absolute atomic E-state index is 0.0574. The van der Waals surface area contributed by atoms with E-state index < -0.39 is 0 Å². The van der Waals surface area contributed by atoms with Crippen molar-refractivity contribution >= 4 is 39.8 Å². The first-order valence-corrected chi connectivity index (χ1v) is 9.82. The van der Waals surface area contributed by atoms with Crippen molar-refractivity contribution in [3.8, 4) is 0 Å². The number of rotatable bonds is 6. The van der Waals surface area contributed by atoms with Gasteiger partial charge in [-0.1, -0.05) is 30.3 Å². The van der Waals surface area contributed by atoms with Gasteiger partial charge in [0.15, 0.2) is 5.13 Å². The summed E-state index contributed by atoms with van der Waals surface area (Å²) in [5, 5.41) is 10.7. The standard InChI is InChI=1S/C21H22N4O2S/c1-14-8-9-15(2)18(12-14)24-19(26)11-10-17-13-28-21(23-17)25-20(27)22-16-6-4-3-5-7-16/h3-9,12-13H,10-11H2,1-2H3,(H,24,26)(H2,22,23,25,27). The van der Waals surface area contributed by atoms with Gasteiger partial charge in [-0.3, -0.25) is 10.1 Å². The van der Waals surface area contributed by atoms with Gasteiger partial charge in [0.1, 0.15) is 0 Å². The lowest BCUT2D eigenvalue weighted by molar-refractivity contribution is -0.116. The van der Waals surface area contributed by atoms with E-state index in [1.165, 1.54) is 11.3 Å². The second-order valence-corrected chi connectivity index (χ2v) is 7.31. The molecule has 3 N–H and O–H groups in total. The molecule has 6 nitrogen and oxygen atoms in total. The van der Waals surface area contributed by atoms with Gasteiger partial charge in [0.05, 0.1) is 5.69 Å². The minimum atomic E-state index is -0.347. The number of carbonyl (C=O) groups is 2. The van der Waals surface area contributed by atoms with Gasteiger partial charge < -0.3 is 10.6 Å². The number of hydrogen-bond acceptors (Lipinski definition) is 4. The van der Waals surface area contributed by atoms with Gasteiger partial charge >= 0.3 is 6.03 Å². The van der Waals surface area contributed by atoms with Crippen LogP contribution in [0.15, 0.2) is 53.9 Å². The smallest absolute Gasteiger partial charge is 0.325 e. The van der Waals surface area contributed by atoms with Crippen LogP contribution in [-0.2, 0) is 11.2 Å². The number of nitrogens with one attached hydrogen (secondary N) is 3. The van der Waals surface area contributed by atoms with E-state index in [0.717, 1.165) is 22.5 Å². The predicted octanol–water partition coefficient (Wildman–Crippen LogP) is 4.98. The highest BCUT2D eigenvalue weighted by Crippen LogP contribution is 2.19. The number of anilines is 3. The van der Waals surface area contributed by atoms with E-state index in [-0.39, 0.29) is 11.9 Å². The van der Waals surface area contributed by atoms with Crippen molar-refractivity contribution in [2.75, 3.05) is 16.0 Å². The van der Waals surface area contributed by atoms with Gasteiger partial charge in [0, 0.05) is 23.2 Å². The third-order valence-electron chi connectivity index (χ3n) is 4.08. The molecule has 2 aromatic carbocycles. The summed E-state index contributed by atoms with van der Waals surface area (Å²) in [5.41, 5.74) is 4.45. The Balaban J connectivity index is 1.48. The normalized spacial score (nSPS) is 10.4. The molecule has 0 radical (unpaired) electrons. The Labute approximate surface area is 168 Å². The maximum absolute atomic E-state index is 12.2. The summed E-state index contributed by atoms with van der Waals surface area (Å²) in [5.74, 6) is -0.0574. The summed E-state index contributed by atoms with van der Waals surface area (Å²) >= 11 is 1.33. The molecule has 0 aliphatic rings. The van der Waals surface area contributed by atoms with E-state index in [4.69, 9.17) is 0 Å². The second kappa shape index (κ2) is 9.14. The molecule has 3 rings (SSSR count). The van der Waals surface area contributed by atoms with Gasteiger partial charge in [-0.15, -0.1) is 11.3 Å². The van der Waals surface area contributed by atoms with Crippen LogP contribution in [0.2, 0.25) is 0 Å². The molecule has 3 aromatic rings. The maximum Gasteiger partial charge on any atom is 0.325 e. The molecular weight excluding hydrogens is 372 g/mol. The highest BCUT2D eigenvalue weighted by Gasteiger charge is 2.10. The zero-order valence-electron chi connectivity index (χ0n) is 15.8. The van der Waals surface area contributed by atoms with Crippen LogP contribution < -0.4 is 16.0 Å². The molecule has 7 heteroatoms. The first-order chi connectivity index (χ1) is 13.5. The SMILES string of the molecule is Cc1ccc(C)c(NC(=O)CCc2csc(NC(=O)Nc3ccccc3)n2)c1. The van der Waals surface area contributed by atoms with Crippen LogP contribution in [0.1, 0.15) is 23.2 Å². The Bertz CT molecular complexity index is 970. The first-order valence-electron chi connectivity index (χ1n) is 8.94. The summed E-state index contributed by atoms with van der Waals surface area (Å²) in [7, 11) is 0. The van der Waals surface area contributed by atoms with Gasteiger partial charge in [-0.05, 0) is 49.6 Å². The van der Waals surface area contributed by atoms with Crippen molar-refractivity contribution in [2.45, 2.75) is 26.7 Å². The van der Waals surface area contributed by atoms with Crippen LogP contribution in [0, 0.1) is 13.8 Å². The number of benzene rings is 2. The number of nitrogens with zero attached hydrogens (tertiary/aromatic N) is 1. The Morgan fingerprint density at radius 1 is 1.00 bits per heavy atom. The number of para-hydroxylation sites is 1. The fraction of sp³-hybridized carbons (Fsp3) is 0.190. The van der Waals surface area contributed by atoms with Crippen LogP contribution >= 0.6 is 11.3 Å². The molecule has 0 saturated carbocycles. The lowest BCUT2D eigenvalue weighted by Crippen LogP contribution is -2.19. The van der Waals surface area contributed by atoms with Crippen molar-refractivity contribution < 1.29 is 9.59 Å². The number of aryl methyl sites for hydroxylation is 3. The number of thiazole rings is 1. The molecule has 0 fully saturated rings. The summed E-state index contributed by atoms with van der Waals surface area (Å²) in [6, 6.07) is 14.8. The summed E-state index contributed by atoms with van der Waals surface area (Å²) in [4.78, 5) is 28.6. The number of carbonyl (C=O) groups excluding carboxylic acids is 2. The molecule has 28 heavy (non-hydrogen) atoms. The number of amides is 3. The maximum atomic E-state index is 12.2. The van der Waals surface area contributed by atoms with E-state index in [2.05, 4.69) is 20.9 Å². The Kier molecular flexibility index (Phi) is 6.39. The third-order valence-corrected chi connectivity index (χ3v) is 4.89. The fourth-order valence-electron chi connectivity index (χ4n) is 2.58. The molecule has 0 aliphatic heterocycles. The molecule has 0 atom stereocenters. The molecule has 1 heterocycles. The number of aromatic nitrogens is 1. The molecule has 0 saturated heterocycles. The third kappa shape index (κ3) is 5.65.